The number of amides is 1. The molecule has 0 aliphatic carbocycles. The molecule has 1 atom stereocenters. The Bertz CT molecular complexity index is 1310. The molecule has 0 saturated carbocycles. The molecule has 0 unspecified atom stereocenters. The maximum atomic E-state index is 14.9. The first-order chi connectivity index (χ1) is 15.0. The van der Waals surface area contributed by atoms with Crippen LogP contribution in [-0.2, 0) is 26.0 Å². The summed E-state index contributed by atoms with van der Waals surface area (Å²) >= 11 is 6.05. The zero-order valence-electron chi connectivity index (χ0n) is 16.9. The van der Waals surface area contributed by atoms with E-state index in [9.17, 15) is 22.0 Å². The van der Waals surface area contributed by atoms with Crippen molar-refractivity contribution < 1.29 is 26.7 Å². The number of fused-ring (bicyclic) bond motifs is 1. The quantitative estimate of drug-likeness (QED) is 0.611. The lowest BCUT2D eigenvalue weighted by molar-refractivity contribution is -0.136. The van der Waals surface area contributed by atoms with Crippen LogP contribution in [0.2, 0.25) is 5.02 Å². The highest BCUT2D eigenvalue weighted by molar-refractivity contribution is 7.89. The summed E-state index contributed by atoms with van der Waals surface area (Å²) in [4.78, 5) is 17.1. The highest BCUT2D eigenvalue weighted by Gasteiger charge is 2.28. The van der Waals surface area contributed by atoms with Crippen LogP contribution in [0.5, 0.6) is 0 Å². The molecule has 1 saturated heterocycles. The van der Waals surface area contributed by atoms with Crippen molar-refractivity contribution in [2.75, 3.05) is 19.7 Å². The normalized spacial score (nSPS) is 17.2. The fraction of sp³-hybridized carbons (Fsp3) is 0.300. The van der Waals surface area contributed by atoms with E-state index in [1.54, 1.807) is 21.6 Å². The van der Waals surface area contributed by atoms with Gasteiger partial charge in [0.2, 0.25) is 15.9 Å². The molecule has 4 rings (SSSR count). The summed E-state index contributed by atoms with van der Waals surface area (Å²) in [6.45, 7) is 2.56. The van der Waals surface area contributed by atoms with E-state index in [1.165, 1.54) is 13.0 Å². The predicted molar refractivity (Wildman–Crippen MR) is 113 cm³/mol. The highest BCUT2D eigenvalue weighted by atomic mass is 35.5. The molecule has 3 aromatic rings. The number of hydrogen-bond donors (Lipinski definition) is 1. The summed E-state index contributed by atoms with van der Waals surface area (Å²) in [5, 5.41) is 5.39. The van der Waals surface area contributed by atoms with Crippen LogP contribution in [-0.4, -0.2) is 54.4 Å². The van der Waals surface area contributed by atoms with Gasteiger partial charge in [-0.05, 0) is 18.2 Å². The molecule has 170 valence electrons. The first-order valence-corrected chi connectivity index (χ1v) is 11.5. The molecule has 12 heteroatoms. The Morgan fingerprint density at radius 3 is 2.62 bits per heavy atom. The van der Waals surface area contributed by atoms with Gasteiger partial charge in [0, 0.05) is 43.7 Å². The number of nitrogens with zero attached hydrogens (tertiary/aromatic N) is 3. The largest absolute Gasteiger partial charge is 0.374 e. The van der Waals surface area contributed by atoms with E-state index in [-0.39, 0.29) is 18.0 Å². The molecular formula is C20H19ClF2N4O4S. The lowest BCUT2D eigenvalue weighted by atomic mass is 10.0. The molecule has 0 radical (unpaired) electrons. The van der Waals surface area contributed by atoms with Crippen LogP contribution < -0.4 is 5.14 Å². The predicted octanol–water partition coefficient (Wildman–Crippen LogP) is 2.37. The number of halogens is 3. The Hall–Kier alpha value is -2.60. The zero-order valence-corrected chi connectivity index (χ0v) is 18.5. The number of morpholine rings is 1. The minimum atomic E-state index is -4.30. The third-order valence-corrected chi connectivity index (χ3v) is 6.40. The van der Waals surface area contributed by atoms with Crippen LogP contribution in [0.4, 0.5) is 8.78 Å². The zero-order chi connectivity index (χ0) is 23.2. The number of carbonyl (C=O) groups excluding carboxylic acids is 1. The molecule has 3 heterocycles. The van der Waals surface area contributed by atoms with Gasteiger partial charge in [0.15, 0.2) is 0 Å². The van der Waals surface area contributed by atoms with Crippen molar-refractivity contribution in [1.29, 1.82) is 0 Å². The maximum Gasteiger partial charge on any atom is 0.238 e. The monoisotopic (exact) mass is 484 g/mol. The number of rotatable bonds is 4. The van der Waals surface area contributed by atoms with Crippen LogP contribution in [0.25, 0.3) is 16.9 Å². The number of nitrogens with two attached hydrogens (primary N) is 1. The SMILES string of the molecule is CC(=O)N1CCO[C@@H](Cc2c(-c3c(F)cc(S(N)(=O)=O)cc3F)nc3cc(Cl)ccn23)C1. The Balaban J connectivity index is 1.85. The molecule has 2 N–H and O–H groups in total. The number of ether oxygens (including phenoxy) is 1. The number of pyridine rings is 1. The molecule has 32 heavy (non-hydrogen) atoms. The minimum absolute atomic E-state index is 0.0215. The average molecular weight is 485 g/mol. The molecular weight excluding hydrogens is 466 g/mol. The molecule has 0 bridgehead atoms. The van der Waals surface area contributed by atoms with Gasteiger partial charge in [0.1, 0.15) is 17.3 Å². The molecule has 1 aromatic carbocycles. The van der Waals surface area contributed by atoms with Crippen molar-refractivity contribution in [3.05, 3.63) is 52.8 Å². The Labute approximate surface area is 187 Å². The van der Waals surface area contributed by atoms with Crippen LogP contribution in [0.15, 0.2) is 35.4 Å². The van der Waals surface area contributed by atoms with Gasteiger partial charge >= 0.3 is 0 Å². The average Bonchev–Trinajstić information content (AvgIpc) is 3.04. The summed E-state index contributed by atoms with van der Waals surface area (Å²) in [5.41, 5.74) is 0.252. The first-order valence-electron chi connectivity index (χ1n) is 9.60. The van der Waals surface area contributed by atoms with Gasteiger partial charge in [0.25, 0.3) is 0 Å². The van der Waals surface area contributed by atoms with E-state index >= 15 is 0 Å². The van der Waals surface area contributed by atoms with E-state index in [0.29, 0.717) is 48.2 Å². The third kappa shape index (κ3) is 4.33. The number of hydrogen-bond acceptors (Lipinski definition) is 5. The fourth-order valence-corrected chi connectivity index (χ4v) is 4.44. The summed E-state index contributed by atoms with van der Waals surface area (Å²) < 4.78 is 60.4. The number of primary sulfonamides is 1. The van der Waals surface area contributed by atoms with Gasteiger partial charge in [0.05, 0.1) is 34.6 Å². The lowest BCUT2D eigenvalue weighted by Gasteiger charge is -2.32. The van der Waals surface area contributed by atoms with Crippen molar-refractivity contribution in [2.45, 2.75) is 24.3 Å². The molecule has 8 nitrogen and oxygen atoms in total. The summed E-state index contributed by atoms with van der Waals surface area (Å²) in [6, 6.07) is 4.45. The smallest absolute Gasteiger partial charge is 0.238 e. The second-order valence-electron chi connectivity index (χ2n) is 7.45. The van der Waals surface area contributed by atoms with Crippen LogP contribution in [0.3, 0.4) is 0 Å². The van der Waals surface area contributed by atoms with Crippen molar-refractivity contribution in [3.63, 3.8) is 0 Å². The lowest BCUT2D eigenvalue weighted by Crippen LogP contribution is -2.45. The van der Waals surface area contributed by atoms with Crippen molar-refractivity contribution in [2.24, 2.45) is 5.14 Å². The number of imidazole rings is 1. The van der Waals surface area contributed by atoms with Crippen LogP contribution >= 0.6 is 11.6 Å². The summed E-state index contributed by atoms with van der Waals surface area (Å²) in [5.74, 6) is -2.35. The molecule has 1 aliphatic heterocycles. The van der Waals surface area contributed by atoms with Gasteiger partial charge in [-0.3, -0.25) is 4.79 Å². The topological polar surface area (TPSA) is 107 Å². The number of sulfonamides is 1. The highest BCUT2D eigenvalue weighted by Crippen LogP contribution is 2.33. The number of benzene rings is 1. The van der Waals surface area contributed by atoms with E-state index in [4.69, 9.17) is 21.5 Å². The van der Waals surface area contributed by atoms with Crippen molar-refractivity contribution in [3.8, 4) is 11.3 Å². The van der Waals surface area contributed by atoms with E-state index < -0.39 is 38.2 Å². The number of aromatic nitrogens is 2. The summed E-state index contributed by atoms with van der Waals surface area (Å²) in [7, 11) is -4.30. The Kier molecular flexibility index (Phi) is 5.93. The second-order valence-corrected chi connectivity index (χ2v) is 9.45. The Morgan fingerprint density at radius 2 is 2.00 bits per heavy atom. The standard InChI is InChI=1S/C20H19ClF2N4O4S/c1-11(28)26-4-5-31-13(10-26)7-17-20(25-18-6-12(21)2-3-27(17)18)19-15(22)8-14(9-16(19)23)32(24,29)30/h2-3,6,8-9,13H,4-5,7,10H2,1H3,(H2,24,29,30)/t13-/m0/s1. The van der Waals surface area contributed by atoms with Crippen molar-refractivity contribution >= 4 is 33.2 Å². The van der Waals surface area contributed by atoms with E-state index in [0.717, 1.165) is 0 Å². The molecule has 0 spiro atoms. The van der Waals surface area contributed by atoms with Gasteiger partial charge < -0.3 is 14.0 Å². The maximum absolute atomic E-state index is 14.9. The molecule has 1 amide bonds. The second kappa shape index (κ2) is 8.39. The Morgan fingerprint density at radius 1 is 1.31 bits per heavy atom. The van der Waals surface area contributed by atoms with Gasteiger partial charge in [-0.25, -0.2) is 27.3 Å². The van der Waals surface area contributed by atoms with E-state index in [2.05, 4.69) is 4.98 Å². The van der Waals surface area contributed by atoms with Crippen LogP contribution in [0, 0.1) is 11.6 Å². The number of carbonyl (C=O) groups is 1. The molecule has 2 aromatic heterocycles. The van der Waals surface area contributed by atoms with Crippen molar-refractivity contribution in [1.82, 2.24) is 14.3 Å². The third-order valence-electron chi connectivity index (χ3n) is 5.27. The molecule has 1 fully saturated rings. The van der Waals surface area contributed by atoms with Gasteiger partial charge in [-0.15, -0.1) is 0 Å². The van der Waals surface area contributed by atoms with Gasteiger partial charge in [-0.2, -0.15) is 0 Å². The van der Waals surface area contributed by atoms with E-state index in [1.807, 2.05) is 0 Å². The first kappa shape index (κ1) is 22.6. The molecule has 1 aliphatic rings. The minimum Gasteiger partial charge on any atom is -0.374 e. The fourth-order valence-electron chi connectivity index (χ4n) is 3.75. The van der Waals surface area contributed by atoms with Gasteiger partial charge in [-0.1, -0.05) is 11.6 Å². The summed E-state index contributed by atoms with van der Waals surface area (Å²) in [6.07, 6.45) is 1.37. The van der Waals surface area contributed by atoms with Crippen LogP contribution in [0.1, 0.15) is 12.6 Å².